The summed E-state index contributed by atoms with van der Waals surface area (Å²) in [6.45, 7) is 5.24. The molecule has 314 valence electrons. The average Bonchev–Trinajstić information content (AvgIpc) is 3.77. The molecular formula is C46H45N11O5. The number of amides is 5. The van der Waals surface area contributed by atoms with Gasteiger partial charge in [-0.3, -0.25) is 29.3 Å². The number of para-hydroxylation sites is 1. The van der Waals surface area contributed by atoms with Crippen molar-refractivity contribution in [2.45, 2.75) is 64.7 Å². The second kappa shape index (κ2) is 16.2. The van der Waals surface area contributed by atoms with Gasteiger partial charge >= 0.3 is 0 Å². The molecule has 2 aromatic heterocycles. The van der Waals surface area contributed by atoms with E-state index in [9.17, 15) is 19.2 Å². The van der Waals surface area contributed by atoms with Crippen LogP contribution < -0.4 is 16.0 Å². The molecule has 0 spiro atoms. The minimum Gasteiger partial charge on any atom is -0.339 e. The highest BCUT2D eigenvalue weighted by Crippen LogP contribution is 2.37. The molecule has 2 saturated heterocycles. The molecule has 6 heterocycles. The van der Waals surface area contributed by atoms with Gasteiger partial charge in [0.25, 0.3) is 17.7 Å². The zero-order valence-electron chi connectivity index (χ0n) is 34.6. The number of nitrogens with one attached hydrogen (secondary N) is 3. The second-order valence-electron chi connectivity index (χ2n) is 16.4. The SMILES string of the molecule is Cc1cccc(C)c1Nc1nn(C)c2nc(NC3c4ccccc4CCN3C(=O)c3cc(C(=O)N4CCC(C=CC#N)CC4)cc4c3C(=O)N(C3CCC(=O)NC3=O)C4)ncc12. The number of nitrogens with zero attached hydrogens (tertiary/aromatic N) is 8. The zero-order valence-corrected chi connectivity index (χ0v) is 34.6. The van der Waals surface area contributed by atoms with Gasteiger partial charge in [-0.25, -0.2) is 9.67 Å². The summed E-state index contributed by atoms with van der Waals surface area (Å²) in [6, 6.07) is 18.2. The number of aryl methyl sites for hydroxylation is 3. The quantitative estimate of drug-likeness (QED) is 0.137. The van der Waals surface area contributed by atoms with E-state index in [-0.39, 0.29) is 60.4 Å². The molecule has 2 fully saturated rings. The smallest absolute Gasteiger partial charge is 0.256 e. The van der Waals surface area contributed by atoms with Gasteiger partial charge in [-0.15, -0.1) is 0 Å². The predicted molar refractivity (Wildman–Crippen MR) is 229 cm³/mol. The van der Waals surface area contributed by atoms with Crippen LogP contribution in [0.3, 0.4) is 0 Å². The number of imide groups is 1. The topological polar surface area (TPSA) is 199 Å². The summed E-state index contributed by atoms with van der Waals surface area (Å²) in [5, 5.41) is 23.7. The molecule has 16 heteroatoms. The van der Waals surface area contributed by atoms with Crippen LogP contribution in [0, 0.1) is 31.1 Å². The molecule has 3 N–H and O–H groups in total. The fraction of sp³-hybridized carbons (Fsp3) is 0.326. The maximum atomic E-state index is 15.3. The summed E-state index contributed by atoms with van der Waals surface area (Å²) in [7, 11) is 1.80. The van der Waals surface area contributed by atoms with Crippen LogP contribution in [-0.4, -0.2) is 89.7 Å². The minimum absolute atomic E-state index is 0.00774. The van der Waals surface area contributed by atoms with E-state index in [1.54, 1.807) is 33.8 Å². The van der Waals surface area contributed by atoms with Crippen molar-refractivity contribution in [1.82, 2.24) is 39.8 Å². The number of benzene rings is 3. The molecular weight excluding hydrogens is 787 g/mol. The molecule has 0 aliphatic carbocycles. The summed E-state index contributed by atoms with van der Waals surface area (Å²) in [6.07, 6.45) is 6.37. The monoisotopic (exact) mass is 831 g/mol. The number of fused-ring (bicyclic) bond motifs is 3. The van der Waals surface area contributed by atoms with Gasteiger partial charge in [0.1, 0.15) is 12.2 Å². The van der Waals surface area contributed by atoms with Crippen molar-refractivity contribution in [1.29, 1.82) is 5.26 Å². The van der Waals surface area contributed by atoms with E-state index >= 15 is 4.79 Å². The summed E-state index contributed by atoms with van der Waals surface area (Å²) in [4.78, 5) is 83.4. The van der Waals surface area contributed by atoms with E-state index in [2.05, 4.69) is 16.0 Å². The minimum atomic E-state index is -0.915. The molecule has 3 aromatic carbocycles. The van der Waals surface area contributed by atoms with Crippen LogP contribution in [0.2, 0.25) is 0 Å². The van der Waals surface area contributed by atoms with Crippen LogP contribution in [0.4, 0.5) is 17.5 Å². The lowest BCUT2D eigenvalue weighted by Crippen LogP contribution is -2.52. The molecule has 0 bridgehead atoms. The first-order valence-corrected chi connectivity index (χ1v) is 20.8. The normalized spacial score (nSPS) is 19.1. The molecule has 2 atom stereocenters. The first kappa shape index (κ1) is 40.0. The van der Waals surface area contributed by atoms with Crippen molar-refractivity contribution in [2.75, 3.05) is 30.3 Å². The predicted octanol–water partition coefficient (Wildman–Crippen LogP) is 5.23. The Morgan fingerprint density at radius 2 is 1.71 bits per heavy atom. The Labute approximate surface area is 357 Å². The number of hydrogen-bond acceptors (Lipinski definition) is 11. The van der Waals surface area contributed by atoms with E-state index < -0.39 is 35.8 Å². The number of allylic oxidation sites excluding steroid dienone is 2. The van der Waals surface area contributed by atoms with Crippen LogP contribution in [0.5, 0.6) is 0 Å². The lowest BCUT2D eigenvalue weighted by molar-refractivity contribution is -0.136. The van der Waals surface area contributed by atoms with Crippen molar-refractivity contribution in [3.8, 4) is 6.07 Å². The number of carbonyl (C=O) groups excluding carboxylic acids is 5. The highest BCUT2D eigenvalue weighted by Gasteiger charge is 2.43. The number of nitriles is 1. The maximum Gasteiger partial charge on any atom is 0.256 e. The molecule has 62 heavy (non-hydrogen) atoms. The number of piperidine rings is 2. The number of aromatic nitrogens is 4. The number of rotatable bonds is 8. The van der Waals surface area contributed by atoms with Gasteiger partial charge in [0, 0.05) is 63.2 Å². The second-order valence-corrected chi connectivity index (χ2v) is 16.4. The van der Waals surface area contributed by atoms with Gasteiger partial charge in [-0.05, 0) is 85.4 Å². The molecule has 4 aliphatic heterocycles. The lowest BCUT2D eigenvalue weighted by Gasteiger charge is -2.38. The molecule has 0 saturated carbocycles. The van der Waals surface area contributed by atoms with Crippen LogP contribution in [0.1, 0.15) is 90.7 Å². The summed E-state index contributed by atoms with van der Waals surface area (Å²) in [5.41, 5.74) is 6.40. The molecule has 9 rings (SSSR count). The van der Waals surface area contributed by atoms with Gasteiger partial charge in [0.2, 0.25) is 17.8 Å². The standard InChI is InChI=1S/C46H45N11O5/c1-26-8-6-9-27(2)38(26)50-39-34-24-48-46(51-40(34)54(3)53-39)52-41-32-12-5-4-11-29(32)17-21-56(41)44(61)33-23-30(43(60)55-19-15-28(16-20-55)10-7-18-47)22-31-25-57(45(62)37(31)33)35-13-14-36(58)49-42(35)59/h4-12,22-24,28,35,41H,13-17,19-21,25H2,1-3H3,(H,50,53)(H,48,51,52)(H,49,58,59). The molecule has 0 radical (unpaired) electrons. The fourth-order valence-electron chi connectivity index (χ4n) is 9.21. The van der Waals surface area contributed by atoms with Gasteiger partial charge in [-0.1, -0.05) is 48.5 Å². The number of carbonyl (C=O) groups is 5. The Kier molecular flexibility index (Phi) is 10.5. The van der Waals surface area contributed by atoms with E-state index in [1.165, 1.54) is 17.0 Å². The molecule has 4 aliphatic rings. The highest BCUT2D eigenvalue weighted by atomic mass is 16.2. The van der Waals surface area contributed by atoms with Crippen molar-refractivity contribution in [2.24, 2.45) is 13.0 Å². The Bertz CT molecular complexity index is 2740. The first-order valence-electron chi connectivity index (χ1n) is 20.8. The van der Waals surface area contributed by atoms with Crippen LogP contribution in [0.25, 0.3) is 11.0 Å². The van der Waals surface area contributed by atoms with Crippen molar-refractivity contribution in [3.63, 3.8) is 0 Å². The van der Waals surface area contributed by atoms with Crippen LogP contribution in [0.15, 0.2) is 72.9 Å². The Morgan fingerprint density at radius 1 is 0.935 bits per heavy atom. The van der Waals surface area contributed by atoms with Gasteiger partial charge in [0.15, 0.2) is 11.5 Å². The van der Waals surface area contributed by atoms with E-state index in [4.69, 9.17) is 20.3 Å². The Morgan fingerprint density at radius 3 is 2.47 bits per heavy atom. The van der Waals surface area contributed by atoms with E-state index in [0.29, 0.717) is 54.8 Å². The third kappa shape index (κ3) is 7.29. The van der Waals surface area contributed by atoms with Crippen molar-refractivity contribution >= 4 is 58.0 Å². The maximum absolute atomic E-state index is 15.3. The van der Waals surface area contributed by atoms with Gasteiger partial charge in [-0.2, -0.15) is 15.3 Å². The largest absolute Gasteiger partial charge is 0.339 e. The van der Waals surface area contributed by atoms with Crippen molar-refractivity contribution < 1.29 is 24.0 Å². The van der Waals surface area contributed by atoms with Crippen LogP contribution in [-0.2, 0) is 29.6 Å². The average molecular weight is 832 g/mol. The van der Waals surface area contributed by atoms with Crippen LogP contribution >= 0.6 is 0 Å². The third-order valence-electron chi connectivity index (χ3n) is 12.5. The third-order valence-corrected chi connectivity index (χ3v) is 12.5. The fourth-order valence-corrected chi connectivity index (χ4v) is 9.21. The number of hydrogen-bond donors (Lipinski definition) is 3. The summed E-state index contributed by atoms with van der Waals surface area (Å²) in [5.74, 6) is -1.23. The lowest BCUT2D eigenvalue weighted by atomic mass is 9.93. The first-order chi connectivity index (χ1) is 30.0. The van der Waals surface area contributed by atoms with E-state index in [1.807, 2.05) is 68.5 Å². The molecule has 5 amide bonds. The van der Waals surface area contributed by atoms with Gasteiger partial charge < -0.3 is 25.3 Å². The molecule has 16 nitrogen and oxygen atoms in total. The highest BCUT2D eigenvalue weighted by molar-refractivity contribution is 6.13. The van der Waals surface area contributed by atoms with Crippen molar-refractivity contribution in [3.05, 3.63) is 117 Å². The Hall–Kier alpha value is -7.41. The Balaban J connectivity index is 1.07. The number of likely N-dealkylation sites (tertiary alicyclic amines) is 1. The number of anilines is 3. The summed E-state index contributed by atoms with van der Waals surface area (Å²) >= 11 is 0. The zero-order chi connectivity index (χ0) is 43.2. The molecule has 2 unspecified atom stereocenters. The molecule has 5 aromatic rings. The summed E-state index contributed by atoms with van der Waals surface area (Å²) < 4.78 is 1.67. The van der Waals surface area contributed by atoms with E-state index in [0.717, 1.165) is 27.9 Å². The van der Waals surface area contributed by atoms with Gasteiger partial charge in [0.05, 0.1) is 22.6 Å².